The molecule has 0 fully saturated rings. The zero-order valence-corrected chi connectivity index (χ0v) is 9.90. The Kier molecular flexibility index (Phi) is 3.49. The number of fused-ring (bicyclic) bond motifs is 1. The van der Waals surface area contributed by atoms with Crippen LogP contribution in [-0.4, -0.2) is 22.7 Å². The zero-order chi connectivity index (χ0) is 12.3. The Bertz CT molecular complexity index is 556. The van der Waals surface area contributed by atoms with E-state index in [9.17, 15) is 4.79 Å². The smallest absolute Gasteiger partial charge is 0.326 e. The summed E-state index contributed by atoms with van der Waals surface area (Å²) in [6, 6.07) is 5.59. The van der Waals surface area contributed by atoms with Crippen LogP contribution in [0.1, 0.15) is 13.3 Å². The van der Waals surface area contributed by atoms with Crippen molar-refractivity contribution in [2.24, 2.45) is 5.73 Å². The van der Waals surface area contributed by atoms with E-state index in [1.165, 1.54) is 0 Å². The van der Waals surface area contributed by atoms with Crippen molar-refractivity contribution in [2.45, 2.75) is 19.9 Å². The standard InChI is InChI=1S/C12H17N3O2/c1-2-7-17-9-3-4-10-11(8-9)15(6-5-13)12(16)14-10/h3-4,8H,2,5-7,13H2,1H3,(H,14,16). The highest BCUT2D eigenvalue weighted by molar-refractivity contribution is 5.76. The minimum absolute atomic E-state index is 0.127. The summed E-state index contributed by atoms with van der Waals surface area (Å²) in [5.74, 6) is 0.782. The van der Waals surface area contributed by atoms with Gasteiger partial charge in [0.2, 0.25) is 0 Å². The zero-order valence-electron chi connectivity index (χ0n) is 9.90. The molecule has 5 nitrogen and oxygen atoms in total. The molecule has 0 aliphatic rings. The predicted octanol–water partition coefficient (Wildman–Crippen LogP) is 1.08. The highest BCUT2D eigenvalue weighted by atomic mass is 16.5. The van der Waals surface area contributed by atoms with Gasteiger partial charge < -0.3 is 15.5 Å². The van der Waals surface area contributed by atoms with Gasteiger partial charge in [-0.1, -0.05) is 6.92 Å². The van der Waals surface area contributed by atoms with E-state index < -0.39 is 0 Å². The van der Waals surface area contributed by atoms with Crippen LogP contribution in [0.5, 0.6) is 5.75 Å². The van der Waals surface area contributed by atoms with Gasteiger partial charge in [-0.25, -0.2) is 4.79 Å². The van der Waals surface area contributed by atoms with Gasteiger partial charge in [0.05, 0.1) is 17.6 Å². The first-order valence-electron chi connectivity index (χ1n) is 5.81. The molecule has 0 aliphatic heterocycles. The highest BCUT2D eigenvalue weighted by Gasteiger charge is 2.06. The van der Waals surface area contributed by atoms with Crippen LogP contribution in [0.2, 0.25) is 0 Å². The number of hydrogen-bond acceptors (Lipinski definition) is 3. The number of hydrogen-bond donors (Lipinski definition) is 2. The lowest BCUT2D eigenvalue weighted by Crippen LogP contribution is -2.21. The van der Waals surface area contributed by atoms with Crippen molar-refractivity contribution in [1.29, 1.82) is 0 Å². The Morgan fingerprint density at radius 2 is 2.29 bits per heavy atom. The monoisotopic (exact) mass is 235 g/mol. The number of aromatic nitrogens is 2. The second-order valence-electron chi connectivity index (χ2n) is 3.90. The Labute approximate surface area is 99.2 Å². The number of benzene rings is 1. The summed E-state index contributed by atoms with van der Waals surface area (Å²) in [5.41, 5.74) is 7.02. The Morgan fingerprint density at radius 3 is 3.00 bits per heavy atom. The second kappa shape index (κ2) is 5.05. The summed E-state index contributed by atoms with van der Waals surface area (Å²) in [7, 11) is 0. The molecule has 0 unspecified atom stereocenters. The molecular weight excluding hydrogens is 218 g/mol. The number of imidazole rings is 1. The van der Waals surface area contributed by atoms with Crippen LogP contribution in [-0.2, 0) is 6.54 Å². The Morgan fingerprint density at radius 1 is 1.47 bits per heavy atom. The molecule has 3 N–H and O–H groups in total. The maximum absolute atomic E-state index is 11.7. The van der Waals surface area contributed by atoms with Crippen LogP contribution in [0.3, 0.4) is 0 Å². The number of H-pyrrole nitrogens is 1. The van der Waals surface area contributed by atoms with E-state index in [0.717, 1.165) is 23.2 Å². The van der Waals surface area contributed by atoms with Gasteiger partial charge in [-0.2, -0.15) is 0 Å². The maximum Gasteiger partial charge on any atom is 0.326 e. The van der Waals surface area contributed by atoms with Crippen LogP contribution < -0.4 is 16.2 Å². The summed E-state index contributed by atoms with van der Waals surface area (Å²) in [6.45, 7) is 3.68. The van der Waals surface area contributed by atoms with Crippen molar-refractivity contribution in [1.82, 2.24) is 9.55 Å². The lowest BCUT2D eigenvalue weighted by atomic mass is 10.3. The number of nitrogens with two attached hydrogens (primary N) is 1. The van der Waals surface area contributed by atoms with Crippen LogP contribution >= 0.6 is 0 Å². The van der Waals surface area contributed by atoms with Crippen molar-refractivity contribution < 1.29 is 4.74 Å². The molecule has 0 amide bonds. The minimum atomic E-state index is -0.127. The predicted molar refractivity (Wildman–Crippen MR) is 67.4 cm³/mol. The molecule has 2 rings (SSSR count). The molecule has 0 atom stereocenters. The van der Waals surface area contributed by atoms with Crippen molar-refractivity contribution in [3.05, 3.63) is 28.7 Å². The van der Waals surface area contributed by atoms with Crippen molar-refractivity contribution in [3.63, 3.8) is 0 Å². The van der Waals surface area contributed by atoms with Gasteiger partial charge in [0.15, 0.2) is 0 Å². The van der Waals surface area contributed by atoms with E-state index in [1.54, 1.807) is 4.57 Å². The van der Waals surface area contributed by atoms with Crippen LogP contribution in [0, 0.1) is 0 Å². The van der Waals surface area contributed by atoms with E-state index >= 15 is 0 Å². The molecule has 0 radical (unpaired) electrons. The largest absolute Gasteiger partial charge is 0.494 e. The molecule has 1 aromatic carbocycles. The van der Waals surface area contributed by atoms with Gasteiger partial charge >= 0.3 is 5.69 Å². The molecule has 0 saturated heterocycles. The summed E-state index contributed by atoms with van der Waals surface area (Å²) < 4.78 is 7.18. The number of aromatic amines is 1. The first kappa shape index (κ1) is 11.7. The normalized spacial score (nSPS) is 10.9. The quantitative estimate of drug-likeness (QED) is 0.814. The van der Waals surface area contributed by atoms with Crippen molar-refractivity contribution >= 4 is 11.0 Å². The minimum Gasteiger partial charge on any atom is -0.494 e. The molecule has 0 spiro atoms. The average Bonchev–Trinajstić information content (AvgIpc) is 2.64. The SMILES string of the molecule is CCCOc1ccc2[nH]c(=O)n(CCN)c2c1. The first-order chi connectivity index (χ1) is 8.26. The molecule has 1 aromatic heterocycles. The lowest BCUT2D eigenvalue weighted by Gasteiger charge is -2.05. The van der Waals surface area contributed by atoms with Crippen LogP contribution in [0.15, 0.2) is 23.0 Å². The van der Waals surface area contributed by atoms with Gasteiger partial charge in [-0.3, -0.25) is 4.57 Å². The molecule has 0 bridgehead atoms. The molecule has 92 valence electrons. The molecule has 0 aliphatic carbocycles. The highest BCUT2D eigenvalue weighted by Crippen LogP contribution is 2.18. The summed E-state index contributed by atoms with van der Waals surface area (Å²) in [4.78, 5) is 14.5. The van der Waals surface area contributed by atoms with Crippen LogP contribution in [0.4, 0.5) is 0 Å². The van der Waals surface area contributed by atoms with Crippen molar-refractivity contribution in [3.8, 4) is 5.75 Å². The fraction of sp³-hybridized carbons (Fsp3) is 0.417. The Balaban J connectivity index is 2.43. The van der Waals surface area contributed by atoms with Crippen molar-refractivity contribution in [2.75, 3.05) is 13.2 Å². The number of nitrogens with zero attached hydrogens (tertiary/aromatic N) is 1. The molecular formula is C12H17N3O2. The lowest BCUT2D eigenvalue weighted by molar-refractivity contribution is 0.318. The molecule has 5 heteroatoms. The van der Waals surface area contributed by atoms with E-state index in [0.29, 0.717) is 19.7 Å². The molecule has 0 saturated carbocycles. The third-order valence-electron chi connectivity index (χ3n) is 2.57. The van der Waals surface area contributed by atoms with Gasteiger partial charge in [-0.15, -0.1) is 0 Å². The number of rotatable bonds is 5. The third kappa shape index (κ3) is 2.34. The summed E-state index contributed by atoms with van der Waals surface area (Å²) in [5, 5.41) is 0. The fourth-order valence-electron chi connectivity index (χ4n) is 1.79. The van der Waals surface area contributed by atoms with E-state index in [2.05, 4.69) is 11.9 Å². The average molecular weight is 235 g/mol. The van der Waals surface area contributed by atoms with E-state index in [4.69, 9.17) is 10.5 Å². The second-order valence-corrected chi connectivity index (χ2v) is 3.90. The molecule has 17 heavy (non-hydrogen) atoms. The Hall–Kier alpha value is -1.75. The summed E-state index contributed by atoms with van der Waals surface area (Å²) >= 11 is 0. The molecule has 1 heterocycles. The number of nitrogens with one attached hydrogen (secondary N) is 1. The molecule has 2 aromatic rings. The summed E-state index contributed by atoms with van der Waals surface area (Å²) in [6.07, 6.45) is 0.959. The van der Waals surface area contributed by atoms with Gasteiger partial charge in [0.25, 0.3) is 0 Å². The van der Waals surface area contributed by atoms with E-state index in [1.807, 2.05) is 18.2 Å². The third-order valence-corrected chi connectivity index (χ3v) is 2.57. The van der Waals surface area contributed by atoms with Gasteiger partial charge in [0.1, 0.15) is 5.75 Å². The maximum atomic E-state index is 11.7. The fourth-order valence-corrected chi connectivity index (χ4v) is 1.79. The van der Waals surface area contributed by atoms with Gasteiger partial charge in [0, 0.05) is 19.2 Å². The number of ether oxygens (including phenoxy) is 1. The van der Waals surface area contributed by atoms with E-state index in [-0.39, 0.29) is 5.69 Å². The van der Waals surface area contributed by atoms with Crippen LogP contribution in [0.25, 0.3) is 11.0 Å². The first-order valence-corrected chi connectivity index (χ1v) is 5.81. The van der Waals surface area contributed by atoms with Gasteiger partial charge in [-0.05, 0) is 18.6 Å². The topological polar surface area (TPSA) is 73.0 Å².